The first-order chi connectivity index (χ1) is 9.61. The van der Waals surface area contributed by atoms with Gasteiger partial charge in [0.1, 0.15) is 13.2 Å². The predicted molar refractivity (Wildman–Crippen MR) is 79.5 cm³/mol. The fourth-order valence-electron chi connectivity index (χ4n) is 2.90. The zero-order valence-corrected chi connectivity index (χ0v) is 12.2. The lowest BCUT2D eigenvalue weighted by atomic mass is 10.0. The highest BCUT2D eigenvalue weighted by Gasteiger charge is 2.22. The molecule has 1 unspecified atom stereocenters. The quantitative estimate of drug-likeness (QED) is 0.896. The Morgan fingerprint density at radius 3 is 2.50 bits per heavy atom. The van der Waals surface area contributed by atoms with Crippen molar-refractivity contribution in [1.29, 1.82) is 0 Å². The maximum atomic E-state index is 5.95. The van der Waals surface area contributed by atoms with Gasteiger partial charge >= 0.3 is 0 Å². The number of aryl methyl sites for hydroxylation is 1. The van der Waals surface area contributed by atoms with Gasteiger partial charge in [-0.3, -0.25) is 0 Å². The molecule has 20 heavy (non-hydrogen) atoms. The van der Waals surface area contributed by atoms with Crippen LogP contribution >= 0.6 is 0 Å². The fraction of sp³-hybridized carbons (Fsp3) is 0.467. The van der Waals surface area contributed by atoms with Crippen molar-refractivity contribution in [1.82, 2.24) is 9.88 Å². The molecule has 1 aromatic heterocycles. The van der Waals surface area contributed by atoms with Crippen molar-refractivity contribution >= 4 is 10.9 Å². The van der Waals surface area contributed by atoms with Crippen LogP contribution in [0.1, 0.15) is 17.3 Å². The molecule has 0 amide bonds. The lowest BCUT2D eigenvalue weighted by Crippen LogP contribution is -2.27. The van der Waals surface area contributed by atoms with Crippen LogP contribution in [-0.4, -0.2) is 43.7 Å². The SMILES string of the molecule is Cc1[nH]c2cc3c(cc2c1C(CN)N(C)C)OCCO3. The molecule has 1 aromatic carbocycles. The van der Waals surface area contributed by atoms with Crippen molar-refractivity contribution in [3.8, 4) is 11.5 Å². The summed E-state index contributed by atoms with van der Waals surface area (Å²) < 4.78 is 11.3. The first-order valence-electron chi connectivity index (χ1n) is 6.90. The van der Waals surface area contributed by atoms with Crippen molar-refractivity contribution in [3.05, 3.63) is 23.4 Å². The molecule has 3 N–H and O–H groups in total. The van der Waals surface area contributed by atoms with Gasteiger partial charge in [0.15, 0.2) is 11.5 Å². The summed E-state index contributed by atoms with van der Waals surface area (Å²) in [4.78, 5) is 5.57. The molecule has 5 heteroatoms. The van der Waals surface area contributed by atoms with Gasteiger partial charge in [0.25, 0.3) is 0 Å². The Morgan fingerprint density at radius 1 is 1.25 bits per heavy atom. The number of fused-ring (bicyclic) bond motifs is 2. The molecule has 1 aliphatic rings. The first-order valence-corrected chi connectivity index (χ1v) is 6.90. The molecule has 0 saturated heterocycles. The number of aromatic nitrogens is 1. The number of rotatable bonds is 3. The Hall–Kier alpha value is -1.72. The molecule has 5 nitrogen and oxygen atoms in total. The van der Waals surface area contributed by atoms with Gasteiger partial charge in [-0.25, -0.2) is 0 Å². The standard InChI is InChI=1S/C15H21N3O2/c1-9-15(12(8-16)18(2)3)10-6-13-14(7-11(10)17-9)20-5-4-19-13/h6-7,12,17H,4-5,8,16H2,1-3H3. The number of nitrogens with two attached hydrogens (primary N) is 1. The van der Waals surface area contributed by atoms with Crippen molar-refractivity contribution in [2.24, 2.45) is 5.73 Å². The minimum absolute atomic E-state index is 0.186. The summed E-state index contributed by atoms with van der Waals surface area (Å²) in [6.07, 6.45) is 0. The summed E-state index contributed by atoms with van der Waals surface area (Å²) in [5.41, 5.74) is 9.41. The third-order valence-corrected chi connectivity index (χ3v) is 3.88. The van der Waals surface area contributed by atoms with E-state index in [4.69, 9.17) is 15.2 Å². The van der Waals surface area contributed by atoms with Crippen LogP contribution in [0, 0.1) is 6.92 Å². The van der Waals surface area contributed by atoms with E-state index < -0.39 is 0 Å². The zero-order valence-electron chi connectivity index (χ0n) is 12.2. The lowest BCUT2D eigenvalue weighted by molar-refractivity contribution is 0.172. The van der Waals surface area contributed by atoms with E-state index in [1.54, 1.807) is 0 Å². The maximum Gasteiger partial charge on any atom is 0.163 e. The van der Waals surface area contributed by atoms with Gasteiger partial charge in [0, 0.05) is 35.2 Å². The smallest absolute Gasteiger partial charge is 0.163 e. The molecule has 0 spiro atoms. The maximum absolute atomic E-state index is 5.95. The van der Waals surface area contributed by atoms with E-state index in [2.05, 4.69) is 22.9 Å². The van der Waals surface area contributed by atoms with Crippen LogP contribution < -0.4 is 15.2 Å². The van der Waals surface area contributed by atoms with E-state index in [1.165, 1.54) is 5.56 Å². The number of likely N-dealkylation sites (N-methyl/N-ethyl adjacent to an activating group) is 1. The number of ether oxygens (including phenoxy) is 2. The van der Waals surface area contributed by atoms with E-state index in [1.807, 2.05) is 20.2 Å². The number of nitrogens with one attached hydrogen (secondary N) is 1. The monoisotopic (exact) mass is 275 g/mol. The predicted octanol–water partition coefficient (Wildman–Crippen LogP) is 1.81. The van der Waals surface area contributed by atoms with E-state index in [9.17, 15) is 0 Å². The van der Waals surface area contributed by atoms with Crippen LogP contribution in [-0.2, 0) is 0 Å². The second-order valence-electron chi connectivity index (χ2n) is 5.42. The summed E-state index contributed by atoms with van der Waals surface area (Å²) in [5, 5.41) is 1.16. The Bertz CT molecular complexity index is 634. The molecule has 108 valence electrons. The molecule has 0 bridgehead atoms. The Labute approximate surface area is 118 Å². The van der Waals surface area contributed by atoms with Crippen LogP contribution in [0.3, 0.4) is 0 Å². The number of benzene rings is 1. The van der Waals surface area contributed by atoms with Gasteiger partial charge in [-0.05, 0) is 32.6 Å². The number of aromatic amines is 1. The number of H-pyrrole nitrogens is 1. The first kappa shape index (κ1) is 13.3. The normalized spacial score (nSPS) is 15.8. The van der Waals surface area contributed by atoms with Gasteiger partial charge in [-0.2, -0.15) is 0 Å². The van der Waals surface area contributed by atoms with Gasteiger partial charge in [-0.1, -0.05) is 0 Å². The van der Waals surface area contributed by atoms with Gasteiger partial charge in [-0.15, -0.1) is 0 Å². The molecule has 2 heterocycles. The van der Waals surface area contributed by atoms with Crippen molar-refractivity contribution < 1.29 is 9.47 Å². The second kappa shape index (κ2) is 5.00. The third kappa shape index (κ3) is 2.03. The Balaban J connectivity index is 2.19. The Kier molecular flexibility index (Phi) is 3.31. The van der Waals surface area contributed by atoms with Crippen molar-refractivity contribution in [2.75, 3.05) is 33.9 Å². The lowest BCUT2D eigenvalue weighted by Gasteiger charge is -2.24. The molecule has 0 aliphatic carbocycles. The summed E-state index contributed by atoms with van der Waals surface area (Å²) in [7, 11) is 4.10. The molecule has 1 aliphatic heterocycles. The van der Waals surface area contributed by atoms with Gasteiger partial charge in [0.2, 0.25) is 0 Å². The van der Waals surface area contributed by atoms with Crippen molar-refractivity contribution in [3.63, 3.8) is 0 Å². The topological polar surface area (TPSA) is 63.5 Å². The summed E-state index contributed by atoms with van der Waals surface area (Å²) in [5.74, 6) is 1.63. The highest BCUT2D eigenvalue weighted by Crippen LogP contribution is 2.38. The summed E-state index contributed by atoms with van der Waals surface area (Å²) in [6, 6.07) is 4.27. The average Bonchev–Trinajstić information content (AvgIpc) is 2.73. The van der Waals surface area contributed by atoms with Crippen LogP contribution in [0.5, 0.6) is 11.5 Å². The molecule has 0 fully saturated rings. The van der Waals surface area contributed by atoms with E-state index in [0.717, 1.165) is 28.1 Å². The molecular formula is C15H21N3O2. The highest BCUT2D eigenvalue weighted by atomic mass is 16.6. The second-order valence-corrected chi connectivity index (χ2v) is 5.42. The van der Waals surface area contributed by atoms with E-state index >= 15 is 0 Å². The molecule has 2 aromatic rings. The van der Waals surface area contributed by atoms with Gasteiger partial charge < -0.3 is 25.1 Å². The van der Waals surface area contributed by atoms with Crippen LogP contribution in [0.4, 0.5) is 0 Å². The van der Waals surface area contributed by atoms with E-state index in [-0.39, 0.29) is 6.04 Å². The van der Waals surface area contributed by atoms with Crippen LogP contribution in [0.2, 0.25) is 0 Å². The summed E-state index contributed by atoms with van der Waals surface area (Å²) >= 11 is 0. The third-order valence-electron chi connectivity index (χ3n) is 3.88. The number of hydrogen-bond acceptors (Lipinski definition) is 4. The van der Waals surface area contributed by atoms with E-state index in [0.29, 0.717) is 19.8 Å². The molecule has 0 radical (unpaired) electrons. The largest absolute Gasteiger partial charge is 0.486 e. The minimum Gasteiger partial charge on any atom is -0.486 e. The average molecular weight is 275 g/mol. The zero-order chi connectivity index (χ0) is 14.3. The van der Waals surface area contributed by atoms with Crippen LogP contribution in [0.25, 0.3) is 10.9 Å². The molecule has 3 rings (SSSR count). The van der Waals surface area contributed by atoms with Gasteiger partial charge in [0.05, 0.1) is 0 Å². The highest BCUT2D eigenvalue weighted by molar-refractivity contribution is 5.88. The van der Waals surface area contributed by atoms with Crippen molar-refractivity contribution in [2.45, 2.75) is 13.0 Å². The number of nitrogens with zero attached hydrogens (tertiary/aromatic N) is 1. The molecular weight excluding hydrogens is 254 g/mol. The molecule has 1 atom stereocenters. The van der Waals surface area contributed by atoms with Crippen LogP contribution in [0.15, 0.2) is 12.1 Å². The fourth-order valence-corrected chi connectivity index (χ4v) is 2.90. The molecule has 0 saturated carbocycles. The Morgan fingerprint density at radius 2 is 1.90 bits per heavy atom. The minimum atomic E-state index is 0.186. The summed E-state index contributed by atoms with van der Waals surface area (Å²) in [6.45, 7) is 3.87. The number of hydrogen-bond donors (Lipinski definition) is 2.